The van der Waals surface area contributed by atoms with Crippen LogP contribution < -0.4 is 10.6 Å². The molecular formula is C12H20N2O2. The minimum absolute atomic E-state index is 0.0597. The van der Waals surface area contributed by atoms with Gasteiger partial charge in [0.15, 0.2) is 0 Å². The summed E-state index contributed by atoms with van der Waals surface area (Å²) in [4.78, 5) is 12.0. The smallest absolute Gasteiger partial charge is 0.247 e. The Kier molecular flexibility index (Phi) is 3.30. The maximum Gasteiger partial charge on any atom is 0.247 e. The van der Waals surface area contributed by atoms with Gasteiger partial charge in [0, 0.05) is 25.3 Å². The van der Waals surface area contributed by atoms with Gasteiger partial charge in [-0.15, -0.1) is 0 Å². The van der Waals surface area contributed by atoms with Crippen LogP contribution in [0.4, 0.5) is 0 Å². The molecule has 2 aliphatic heterocycles. The molecule has 4 heteroatoms. The van der Waals surface area contributed by atoms with Crippen molar-refractivity contribution in [3.63, 3.8) is 0 Å². The highest BCUT2D eigenvalue weighted by Gasteiger charge is 2.30. The van der Waals surface area contributed by atoms with Crippen LogP contribution in [-0.2, 0) is 9.53 Å². The molecule has 0 bridgehead atoms. The highest BCUT2D eigenvalue weighted by Crippen LogP contribution is 2.19. The van der Waals surface area contributed by atoms with E-state index in [9.17, 15) is 4.79 Å². The molecular weight excluding hydrogens is 204 g/mol. The van der Waals surface area contributed by atoms with E-state index in [0.29, 0.717) is 6.61 Å². The molecule has 0 aliphatic carbocycles. The Morgan fingerprint density at radius 3 is 2.75 bits per heavy atom. The standard InChI is InChI=1S/C12H20N2O2/c1-9(10-6-13-7-10)11(15)14-12(2)4-3-5-16-8-12/h13H,3-8H2,1-2H3,(H,14,15). The molecule has 2 aliphatic rings. The van der Waals surface area contributed by atoms with Crippen LogP contribution in [0.15, 0.2) is 11.1 Å². The van der Waals surface area contributed by atoms with Gasteiger partial charge in [-0.3, -0.25) is 4.79 Å². The van der Waals surface area contributed by atoms with Crippen molar-refractivity contribution >= 4 is 5.91 Å². The zero-order valence-corrected chi connectivity index (χ0v) is 10.1. The van der Waals surface area contributed by atoms with Crippen molar-refractivity contribution in [3.8, 4) is 0 Å². The van der Waals surface area contributed by atoms with Crippen LogP contribution in [0.2, 0.25) is 0 Å². The summed E-state index contributed by atoms with van der Waals surface area (Å²) in [5.41, 5.74) is 1.90. The molecule has 0 radical (unpaired) electrons. The third-order valence-electron chi connectivity index (χ3n) is 3.40. The summed E-state index contributed by atoms with van der Waals surface area (Å²) in [7, 11) is 0. The highest BCUT2D eigenvalue weighted by molar-refractivity contribution is 5.94. The normalized spacial score (nSPS) is 29.5. The van der Waals surface area contributed by atoms with Crippen molar-refractivity contribution in [1.29, 1.82) is 0 Å². The number of hydrogen-bond donors (Lipinski definition) is 2. The Morgan fingerprint density at radius 1 is 1.50 bits per heavy atom. The monoisotopic (exact) mass is 224 g/mol. The van der Waals surface area contributed by atoms with Crippen LogP contribution in [0.3, 0.4) is 0 Å². The Bertz CT molecular complexity index is 311. The maximum absolute atomic E-state index is 12.0. The highest BCUT2D eigenvalue weighted by atomic mass is 16.5. The third kappa shape index (κ3) is 2.44. The lowest BCUT2D eigenvalue weighted by atomic mass is 9.94. The number of carbonyl (C=O) groups is 1. The topological polar surface area (TPSA) is 50.4 Å². The lowest BCUT2D eigenvalue weighted by molar-refractivity contribution is -0.121. The summed E-state index contributed by atoms with van der Waals surface area (Å²) >= 11 is 0. The second-order valence-electron chi connectivity index (χ2n) is 5.00. The largest absolute Gasteiger partial charge is 0.379 e. The molecule has 0 saturated carbocycles. The zero-order valence-electron chi connectivity index (χ0n) is 10.1. The average molecular weight is 224 g/mol. The van der Waals surface area contributed by atoms with Crippen molar-refractivity contribution in [2.24, 2.45) is 0 Å². The molecule has 2 N–H and O–H groups in total. The molecule has 16 heavy (non-hydrogen) atoms. The Balaban J connectivity index is 1.95. The molecule has 2 saturated heterocycles. The second-order valence-corrected chi connectivity index (χ2v) is 5.00. The average Bonchev–Trinajstić information content (AvgIpc) is 2.15. The molecule has 2 heterocycles. The number of carbonyl (C=O) groups excluding carboxylic acids is 1. The number of amides is 1. The first-order chi connectivity index (χ1) is 7.61. The number of rotatable bonds is 2. The summed E-state index contributed by atoms with van der Waals surface area (Å²) < 4.78 is 5.42. The van der Waals surface area contributed by atoms with Gasteiger partial charge in [0.1, 0.15) is 0 Å². The predicted molar refractivity (Wildman–Crippen MR) is 62.2 cm³/mol. The van der Waals surface area contributed by atoms with E-state index in [0.717, 1.165) is 38.1 Å². The first-order valence-corrected chi connectivity index (χ1v) is 5.90. The van der Waals surface area contributed by atoms with Crippen LogP contribution >= 0.6 is 0 Å². The van der Waals surface area contributed by atoms with Crippen LogP contribution in [0.25, 0.3) is 0 Å². The quantitative estimate of drug-likeness (QED) is 0.675. The zero-order chi connectivity index (χ0) is 11.6. The maximum atomic E-state index is 12.0. The number of hydrogen-bond acceptors (Lipinski definition) is 3. The van der Waals surface area contributed by atoms with E-state index in [4.69, 9.17) is 4.74 Å². The molecule has 1 unspecified atom stereocenters. The van der Waals surface area contributed by atoms with Gasteiger partial charge in [-0.1, -0.05) is 0 Å². The minimum atomic E-state index is -0.186. The van der Waals surface area contributed by atoms with Crippen molar-refractivity contribution in [3.05, 3.63) is 11.1 Å². The van der Waals surface area contributed by atoms with Gasteiger partial charge in [0.2, 0.25) is 5.91 Å². The molecule has 0 aromatic heterocycles. The summed E-state index contributed by atoms with van der Waals surface area (Å²) in [5.74, 6) is 0.0597. The van der Waals surface area contributed by atoms with Gasteiger partial charge in [0.05, 0.1) is 12.1 Å². The lowest BCUT2D eigenvalue weighted by Crippen LogP contribution is -2.52. The van der Waals surface area contributed by atoms with Crippen molar-refractivity contribution in [2.75, 3.05) is 26.3 Å². The molecule has 0 spiro atoms. The number of nitrogens with one attached hydrogen (secondary N) is 2. The summed E-state index contributed by atoms with van der Waals surface area (Å²) in [6.45, 7) is 7.10. The van der Waals surface area contributed by atoms with E-state index in [1.54, 1.807) is 0 Å². The Hall–Kier alpha value is -0.870. The first kappa shape index (κ1) is 11.6. The lowest BCUT2D eigenvalue weighted by Gasteiger charge is -2.35. The number of ether oxygens (including phenoxy) is 1. The van der Waals surface area contributed by atoms with Crippen LogP contribution in [-0.4, -0.2) is 37.7 Å². The van der Waals surface area contributed by atoms with Crippen LogP contribution in [0.5, 0.6) is 0 Å². The molecule has 4 nitrogen and oxygen atoms in total. The fourth-order valence-electron chi connectivity index (χ4n) is 2.08. The van der Waals surface area contributed by atoms with Crippen LogP contribution in [0.1, 0.15) is 26.7 Å². The molecule has 2 fully saturated rings. The summed E-state index contributed by atoms with van der Waals surface area (Å²) in [6.07, 6.45) is 2.02. The van der Waals surface area contributed by atoms with Gasteiger partial charge in [-0.2, -0.15) is 0 Å². The van der Waals surface area contributed by atoms with E-state index < -0.39 is 0 Å². The molecule has 1 amide bonds. The van der Waals surface area contributed by atoms with E-state index >= 15 is 0 Å². The fourth-order valence-corrected chi connectivity index (χ4v) is 2.08. The summed E-state index contributed by atoms with van der Waals surface area (Å²) in [5, 5.41) is 6.24. The van der Waals surface area contributed by atoms with Crippen molar-refractivity contribution < 1.29 is 9.53 Å². The molecule has 0 aromatic rings. The van der Waals surface area contributed by atoms with Gasteiger partial charge < -0.3 is 15.4 Å². The van der Waals surface area contributed by atoms with Gasteiger partial charge >= 0.3 is 0 Å². The molecule has 2 rings (SSSR count). The first-order valence-electron chi connectivity index (χ1n) is 5.90. The van der Waals surface area contributed by atoms with E-state index in [2.05, 4.69) is 17.6 Å². The summed E-state index contributed by atoms with van der Waals surface area (Å²) in [6, 6.07) is 0. The Morgan fingerprint density at radius 2 is 2.25 bits per heavy atom. The molecule has 1 atom stereocenters. The fraction of sp³-hybridized carbons (Fsp3) is 0.750. The molecule has 0 aromatic carbocycles. The SMILES string of the molecule is CC(C(=O)NC1(C)CCCOC1)=C1CNC1. The van der Waals surface area contributed by atoms with E-state index in [1.165, 1.54) is 5.57 Å². The van der Waals surface area contributed by atoms with E-state index in [1.807, 2.05) is 6.92 Å². The molecule has 90 valence electrons. The van der Waals surface area contributed by atoms with Gasteiger partial charge in [-0.05, 0) is 32.3 Å². The minimum Gasteiger partial charge on any atom is -0.379 e. The van der Waals surface area contributed by atoms with Gasteiger partial charge in [0.25, 0.3) is 0 Å². The van der Waals surface area contributed by atoms with Crippen molar-refractivity contribution in [2.45, 2.75) is 32.2 Å². The predicted octanol–water partition coefficient (Wildman–Crippen LogP) is 0.591. The second kappa shape index (κ2) is 4.55. The Labute approximate surface area is 96.4 Å². The van der Waals surface area contributed by atoms with Gasteiger partial charge in [-0.25, -0.2) is 0 Å². The van der Waals surface area contributed by atoms with Crippen LogP contribution in [0, 0.1) is 0 Å². The van der Waals surface area contributed by atoms with Crippen molar-refractivity contribution in [1.82, 2.24) is 10.6 Å². The third-order valence-corrected chi connectivity index (χ3v) is 3.40. The van der Waals surface area contributed by atoms with E-state index in [-0.39, 0.29) is 11.4 Å².